The third-order valence-corrected chi connectivity index (χ3v) is 6.33. The SMILES string of the molecule is Cc1nn(-c2ccc(F)cc2)cc1CNC(=O)C1CC2CCCC(C1)C2N. The first kappa shape index (κ1) is 18.2. The molecular formula is C21H27FN4O. The van der Waals surface area contributed by atoms with E-state index in [9.17, 15) is 9.18 Å². The number of fused-ring (bicyclic) bond motifs is 2. The number of nitrogens with one attached hydrogen (secondary N) is 1. The molecule has 2 fully saturated rings. The number of carbonyl (C=O) groups is 1. The molecule has 0 spiro atoms. The van der Waals surface area contributed by atoms with Crippen LogP contribution in [0.3, 0.4) is 0 Å². The molecule has 1 aromatic heterocycles. The van der Waals surface area contributed by atoms with Gasteiger partial charge >= 0.3 is 0 Å². The zero-order valence-electron chi connectivity index (χ0n) is 15.7. The van der Waals surface area contributed by atoms with Crippen LogP contribution in [0.1, 0.15) is 43.4 Å². The van der Waals surface area contributed by atoms with Gasteiger partial charge in [0.2, 0.25) is 5.91 Å². The first-order chi connectivity index (χ1) is 13.0. The van der Waals surface area contributed by atoms with Crippen molar-refractivity contribution >= 4 is 5.91 Å². The van der Waals surface area contributed by atoms with E-state index in [1.807, 2.05) is 13.1 Å². The summed E-state index contributed by atoms with van der Waals surface area (Å²) in [5.74, 6) is 0.930. The summed E-state index contributed by atoms with van der Waals surface area (Å²) in [7, 11) is 0. The highest BCUT2D eigenvalue weighted by atomic mass is 19.1. The molecule has 1 heterocycles. The van der Waals surface area contributed by atoms with Gasteiger partial charge < -0.3 is 11.1 Å². The van der Waals surface area contributed by atoms with E-state index in [4.69, 9.17) is 5.73 Å². The Morgan fingerprint density at radius 3 is 2.59 bits per heavy atom. The number of aryl methyl sites for hydroxylation is 1. The number of halogens is 1. The Balaban J connectivity index is 1.39. The fourth-order valence-corrected chi connectivity index (χ4v) is 4.73. The van der Waals surface area contributed by atoms with Gasteiger partial charge in [0, 0.05) is 30.3 Å². The lowest BCUT2D eigenvalue weighted by Crippen LogP contribution is -2.49. The predicted octanol–water partition coefficient (Wildman–Crippen LogP) is 3.09. The van der Waals surface area contributed by atoms with Crippen molar-refractivity contribution in [3.63, 3.8) is 0 Å². The largest absolute Gasteiger partial charge is 0.352 e. The lowest BCUT2D eigenvalue weighted by atomic mass is 9.65. The minimum Gasteiger partial charge on any atom is -0.352 e. The molecule has 4 rings (SSSR count). The number of rotatable bonds is 4. The van der Waals surface area contributed by atoms with E-state index in [0.717, 1.165) is 42.6 Å². The van der Waals surface area contributed by atoms with Gasteiger partial charge in [0.15, 0.2) is 0 Å². The van der Waals surface area contributed by atoms with Crippen molar-refractivity contribution in [3.8, 4) is 5.69 Å². The zero-order valence-corrected chi connectivity index (χ0v) is 15.7. The summed E-state index contributed by atoms with van der Waals surface area (Å²) < 4.78 is 14.8. The fraction of sp³-hybridized carbons (Fsp3) is 0.524. The maximum atomic E-state index is 13.1. The maximum Gasteiger partial charge on any atom is 0.223 e. The van der Waals surface area contributed by atoms with Crippen LogP contribution in [0.4, 0.5) is 4.39 Å². The molecule has 2 bridgehead atoms. The standard InChI is InChI=1S/C21H27FN4O/c1-13-17(12-26(25-13)19-7-5-18(22)6-8-19)11-24-21(27)16-9-14-3-2-4-15(10-16)20(14)23/h5-8,12,14-16,20H,2-4,9-11,23H2,1H3,(H,24,27). The third-order valence-electron chi connectivity index (χ3n) is 6.33. The van der Waals surface area contributed by atoms with Crippen LogP contribution in [-0.4, -0.2) is 21.7 Å². The Kier molecular flexibility index (Phi) is 5.00. The summed E-state index contributed by atoms with van der Waals surface area (Å²) in [4.78, 5) is 12.7. The number of aromatic nitrogens is 2. The first-order valence-electron chi connectivity index (χ1n) is 9.85. The van der Waals surface area contributed by atoms with E-state index in [1.165, 1.54) is 18.6 Å². The Bertz CT molecular complexity index is 802. The van der Waals surface area contributed by atoms with E-state index in [0.29, 0.717) is 18.4 Å². The topological polar surface area (TPSA) is 72.9 Å². The van der Waals surface area contributed by atoms with E-state index in [-0.39, 0.29) is 23.7 Å². The van der Waals surface area contributed by atoms with Crippen LogP contribution in [0, 0.1) is 30.5 Å². The van der Waals surface area contributed by atoms with Crippen molar-refractivity contribution in [2.24, 2.45) is 23.5 Å². The number of nitrogens with two attached hydrogens (primary N) is 1. The number of benzene rings is 1. The van der Waals surface area contributed by atoms with Gasteiger partial charge in [-0.15, -0.1) is 0 Å². The third kappa shape index (κ3) is 3.76. The molecule has 2 unspecified atom stereocenters. The lowest BCUT2D eigenvalue weighted by Gasteiger charge is -2.43. The van der Waals surface area contributed by atoms with E-state index >= 15 is 0 Å². The molecule has 0 radical (unpaired) electrons. The Morgan fingerprint density at radius 1 is 1.26 bits per heavy atom. The second-order valence-electron chi connectivity index (χ2n) is 8.08. The molecule has 0 aliphatic heterocycles. The highest BCUT2D eigenvalue weighted by Crippen LogP contribution is 2.41. The van der Waals surface area contributed by atoms with Crippen molar-refractivity contribution in [2.45, 2.75) is 51.6 Å². The number of carbonyl (C=O) groups excluding carboxylic acids is 1. The van der Waals surface area contributed by atoms with Crippen LogP contribution < -0.4 is 11.1 Å². The minimum absolute atomic E-state index is 0.0764. The molecule has 27 heavy (non-hydrogen) atoms. The number of nitrogens with zero attached hydrogens (tertiary/aromatic N) is 2. The zero-order chi connectivity index (χ0) is 19.0. The maximum absolute atomic E-state index is 13.1. The van der Waals surface area contributed by atoms with Gasteiger partial charge in [-0.25, -0.2) is 9.07 Å². The molecule has 6 heteroatoms. The Morgan fingerprint density at radius 2 is 1.93 bits per heavy atom. The van der Waals surface area contributed by atoms with E-state index in [1.54, 1.807) is 16.8 Å². The quantitative estimate of drug-likeness (QED) is 0.869. The molecule has 2 aromatic rings. The van der Waals surface area contributed by atoms with Crippen LogP contribution >= 0.6 is 0 Å². The normalized spacial score (nSPS) is 27.4. The van der Waals surface area contributed by atoms with Crippen molar-refractivity contribution in [2.75, 3.05) is 0 Å². The summed E-state index contributed by atoms with van der Waals surface area (Å²) in [6.07, 6.45) is 7.29. The predicted molar refractivity (Wildman–Crippen MR) is 102 cm³/mol. The van der Waals surface area contributed by atoms with Crippen molar-refractivity contribution in [1.82, 2.24) is 15.1 Å². The van der Waals surface area contributed by atoms with Gasteiger partial charge in [-0.1, -0.05) is 6.42 Å². The van der Waals surface area contributed by atoms with Gasteiger partial charge in [0.05, 0.1) is 11.4 Å². The minimum atomic E-state index is -0.271. The molecule has 2 saturated carbocycles. The van der Waals surface area contributed by atoms with Gasteiger partial charge in [0.1, 0.15) is 5.82 Å². The summed E-state index contributed by atoms with van der Waals surface area (Å²) in [5.41, 5.74) is 8.97. The fourth-order valence-electron chi connectivity index (χ4n) is 4.73. The van der Waals surface area contributed by atoms with Crippen molar-refractivity contribution in [1.29, 1.82) is 0 Å². The summed E-state index contributed by atoms with van der Waals surface area (Å²) in [6, 6.07) is 6.48. The molecule has 2 aliphatic carbocycles. The second kappa shape index (κ2) is 7.43. The van der Waals surface area contributed by atoms with Crippen LogP contribution in [-0.2, 0) is 11.3 Å². The average Bonchev–Trinajstić information content (AvgIpc) is 3.01. The van der Waals surface area contributed by atoms with Crippen molar-refractivity contribution in [3.05, 3.63) is 47.5 Å². The van der Waals surface area contributed by atoms with Gasteiger partial charge in [-0.3, -0.25) is 4.79 Å². The highest BCUT2D eigenvalue weighted by Gasteiger charge is 2.40. The molecule has 3 N–H and O–H groups in total. The van der Waals surface area contributed by atoms with Crippen LogP contribution in [0.2, 0.25) is 0 Å². The van der Waals surface area contributed by atoms with E-state index in [2.05, 4.69) is 10.4 Å². The van der Waals surface area contributed by atoms with Crippen LogP contribution in [0.25, 0.3) is 5.69 Å². The Labute approximate surface area is 159 Å². The molecule has 2 aliphatic rings. The Hall–Kier alpha value is -2.21. The summed E-state index contributed by atoms with van der Waals surface area (Å²) in [5, 5.41) is 7.58. The highest BCUT2D eigenvalue weighted by molar-refractivity contribution is 5.78. The van der Waals surface area contributed by atoms with Gasteiger partial charge in [-0.05, 0) is 68.7 Å². The monoisotopic (exact) mass is 370 g/mol. The summed E-state index contributed by atoms with van der Waals surface area (Å²) >= 11 is 0. The molecule has 144 valence electrons. The summed E-state index contributed by atoms with van der Waals surface area (Å²) in [6.45, 7) is 2.38. The lowest BCUT2D eigenvalue weighted by molar-refractivity contribution is -0.128. The smallest absolute Gasteiger partial charge is 0.223 e. The molecular weight excluding hydrogens is 343 g/mol. The van der Waals surface area contributed by atoms with Crippen LogP contribution in [0.5, 0.6) is 0 Å². The average molecular weight is 370 g/mol. The molecule has 0 saturated heterocycles. The van der Waals surface area contributed by atoms with Crippen LogP contribution in [0.15, 0.2) is 30.5 Å². The molecule has 5 nitrogen and oxygen atoms in total. The number of amides is 1. The van der Waals surface area contributed by atoms with E-state index < -0.39 is 0 Å². The van der Waals surface area contributed by atoms with Gasteiger partial charge in [-0.2, -0.15) is 5.10 Å². The number of hydrogen-bond acceptors (Lipinski definition) is 3. The number of hydrogen-bond donors (Lipinski definition) is 2. The van der Waals surface area contributed by atoms with Crippen molar-refractivity contribution < 1.29 is 9.18 Å². The molecule has 1 amide bonds. The first-order valence-corrected chi connectivity index (χ1v) is 9.85. The molecule has 2 atom stereocenters. The second-order valence-corrected chi connectivity index (χ2v) is 8.08. The van der Waals surface area contributed by atoms with Gasteiger partial charge in [0.25, 0.3) is 0 Å². The molecule has 1 aromatic carbocycles.